The number of nitrogens with zero attached hydrogens (tertiary/aromatic N) is 4. The lowest BCUT2D eigenvalue weighted by Crippen LogP contribution is -2.12. The van der Waals surface area contributed by atoms with Crippen molar-refractivity contribution in [2.24, 2.45) is 7.05 Å². The third-order valence-corrected chi connectivity index (χ3v) is 5.16. The van der Waals surface area contributed by atoms with E-state index in [1.165, 1.54) is 10.8 Å². The SMILES string of the molecule is Cc1cccn2cc(CS(=O)(=O)c3ncc(CO)n3C)nc12. The van der Waals surface area contributed by atoms with Crippen molar-refractivity contribution < 1.29 is 13.5 Å². The second kappa shape index (κ2) is 5.22. The number of sulfone groups is 1. The monoisotopic (exact) mass is 320 g/mol. The van der Waals surface area contributed by atoms with E-state index in [1.54, 1.807) is 17.6 Å². The molecule has 0 aliphatic rings. The van der Waals surface area contributed by atoms with E-state index in [1.807, 2.05) is 25.3 Å². The molecule has 3 aromatic rings. The third kappa shape index (κ3) is 2.40. The molecule has 3 heterocycles. The van der Waals surface area contributed by atoms with E-state index in [2.05, 4.69) is 9.97 Å². The number of aliphatic hydroxyl groups is 1. The van der Waals surface area contributed by atoms with Crippen LogP contribution in [0.25, 0.3) is 5.65 Å². The van der Waals surface area contributed by atoms with Gasteiger partial charge < -0.3 is 14.1 Å². The first-order valence-electron chi connectivity index (χ1n) is 6.70. The molecule has 0 radical (unpaired) electrons. The number of hydrogen-bond acceptors (Lipinski definition) is 5. The number of pyridine rings is 1. The number of hydrogen-bond donors (Lipinski definition) is 1. The molecule has 0 bridgehead atoms. The number of imidazole rings is 2. The molecule has 0 spiro atoms. The molecular formula is C14H16N4O3S. The summed E-state index contributed by atoms with van der Waals surface area (Å²) < 4.78 is 28.2. The Morgan fingerprint density at radius 2 is 2.14 bits per heavy atom. The molecule has 0 atom stereocenters. The fourth-order valence-corrected chi connectivity index (χ4v) is 3.80. The van der Waals surface area contributed by atoms with Crippen molar-refractivity contribution in [3.8, 4) is 0 Å². The van der Waals surface area contributed by atoms with Crippen LogP contribution in [0.5, 0.6) is 0 Å². The Balaban J connectivity index is 1.99. The first-order chi connectivity index (χ1) is 10.4. The van der Waals surface area contributed by atoms with Crippen molar-refractivity contribution >= 4 is 15.5 Å². The normalized spacial score (nSPS) is 12.1. The summed E-state index contributed by atoms with van der Waals surface area (Å²) in [5.41, 5.74) is 2.63. The molecule has 0 aliphatic carbocycles. The summed E-state index contributed by atoms with van der Waals surface area (Å²) in [5.74, 6) is -0.232. The largest absolute Gasteiger partial charge is 0.390 e. The molecule has 3 rings (SSSR count). The molecule has 0 unspecified atom stereocenters. The molecule has 8 heteroatoms. The summed E-state index contributed by atoms with van der Waals surface area (Å²) in [4.78, 5) is 8.28. The van der Waals surface area contributed by atoms with Crippen molar-refractivity contribution in [3.63, 3.8) is 0 Å². The van der Waals surface area contributed by atoms with Gasteiger partial charge >= 0.3 is 0 Å². The Morgan fingerprint density at radius 3 is 2.77 bits per heavy atom. The second-order valence-corrected chi connectivity index (χ2v) is 7.05. The van der Waals surface area contributed by atoms with Crippen LogP contribution in [-0.2, 0) is 29.2 Å². The average molecular weight is 320 g/mol. The summed E-state index contributed by atoms with van der Waals surface area (Å²) in [5, 5.41) is 9.08. The molecular weight excluding hydrogens is 304 g/mol. The zero-order valence-electron chi connectivity index (χ0n) is 12.3. The molecule has 3 aromatic heterocycles. The van der Waals surface area contributed by atoms with E-state index >= 15 is 0 Å². The summed E-state index contributed by atoms with van der Waals surface area (Å²) in [6, 6.07) is 3.81. The van der Waals surface area contributed by atoms with Crippen LogP contribution in [0.3, 0.4) is 0 Å². The molecule has 116 valence electrons. The second-order valence-electron chi connectivity index (χ2n) is 5.16. The van der Waals surface area contributed by atoms with E-state index in [4.69, 9.17) is 5.11 Å². The van der Waals surface area contributed by atoms with Crippen molar-refractivity contribution in [2.45, 2.75) is 24.4 Å². The Hall–Kier alpha value is -2.19. The van der Waals surface area contributed by atoms with Crippen LogP contribution >= 0.6 is 0 Å². The third-order valence-electron chi connectivity index (χ3n) is 3.55. The number of aryl methyl sites for hydroxylation is 1. The smallest absolute Gasteiger partial charge is 0.228 e. The van der Waals surface area contributed by atoms with Gasteiger partial charge in [-0.3, -0.25) is 0 Å². The van der Waals surface area contributed by atoms with Gasteiger partial charge in [0.05, 0.1) is 24.2 Å². The highest BCUT2D eigenvalue weighted by Gasteiger charge is 2.23. The Kier molecular flexibility index (Phi) is 3.50. The van der Waals surface area contributed by atoms with E-state index in [9.17, 15) is 8.42 Å². The van der Waals surface area contributed by atoms with Crippen LogP contribution in [0.2, 0.25) is 0 Å². The van der Waals surface area contributed by atoms with E-state index in [0.29, 0.717) is 11.4 Å². The lowest BCUT2D eigenvalue weighted by Gasteiger charge is -2.04. The van der Waals surface area contributed by atoms with Crippen molar-refractivity contribution in [2.75, 3.05) is 0 Å². The zero-order chi connectivity index (χ0) is 15.9. The van der Waals surface area contributed by atoms with Crippen molar-refractivity contribution in [1.82, 2.24) is 18.9 Å². The van der Waals surface area contributed by atoms with Crippen molar-refractivity contribution in [3.05, 3.63) is 47.7 Å². The van der Waals surface area contributed by atoms with E-state index in [0.717, 1.165) is 11.2 Å². The minimum absolute atomic E-state index is 0.0645. The fourth-order valence-electron chi connectivity index (χ4n) is 2.39. The zero-order valence-corrected chi connectivity index (χ0v) is 13.1. The highest BCUT2D eigenvalue weighted by Crippen LogP contribution is 2.17. The summed E-state index contributed by atoms with van der Waals surface area (Å²) in [6.45, 7) is 1.67. The van der Waals surface area contributed by atoms with Crippen LogP contribution in [0.4, 0.5) is 0 Å². The number of aliphatic hydroxyl groups excluding tert-OH is 1. The molecule has 0 saturated carbocycles. The van der Waals surface area contributed by atoms with Crippen LogP contribution in [0.15, 0.2) is 35.9 Å². The van der Waals surface area contributed by atoms with Gasteiger partial charge in [0.25, 0.3) is 0 Å². The lowest BCUT2D eigenvalue weighted by atomic mass is 10.3. The van der Waals surface area contributed by atoms with Gasteiger partial charge in [0.1, 0.15) is 11.4 Å². The quantitative estimate of drug-likeness (QED) is 0.769. The number of aromatic nitrogens is 4. The van der Waals surface area contributed by atoms with Crippen LogP contribution in [0.1, 0.15) is 17.0 Å². The fraction of sp³-hybridized carbons (Fsp3) is 0.286. The minimum atomic E-state index is -3.63. The molecule has 0 fully saturated rings. The highest BCUT2D eigenvalue weighted by atomic mass is 32.2. The summed E-state index contributed by atoms with van der Waals surface area (Å²) in [7, 11) is -2.06. The Labute approximate surface area is 127 Å². The summed E-state index contributed by atoms with van der Waals surface area (Å²) >= 11 is 0. The molecule has 0 aliphatic heterocycles. The first-order valence-corrected chi connectivity index (χ1v) is 8.35. The van der Waals surface area contributed by atoms with Gasteiger partial charge in [0, 0.05) is 19.4 Å². The minimum Gasteiger partial charge on any atom is -0.390 e. The molecule has 7 nitrogen and oxygen atoms in total. The van der Waals surface area contributed by atoms with Crippen molar-refractivity contribution in [1.29, 1.82) is 0 Å². The van der Waals surface area contributed by atoms with Gasteiger partial charge in [-0.1, -0.05) is 6.07 Å². The standard InChI is InChI=1S/C14H16N4O3S/c1-10-4-3-5-18-7-11(16-13(10)18)9-22(20,21)14-15-6-12(8-19)17(14)2/h3-7,19H,8-9H2,1-2H3. The van der Waals surface area contributed by atoms with Crippen LogP contribution < -0.4 is 0 Å². The predicted molar refractivity (Wildman–Crippen MR) is 79.9 cm³/mol. The average Bonchev–Trinajstić information content (AvgIpc) is 3.02. The number of rotatable bonds is 4. The van der Waals surface area contributed by atoms with E-state index < -0.39 is 9.84 Å². The van der Waals surface area contributed by atoms with Gasteiger partial charge in [-0.15, -0.1) is 0 Å². The molecule has 0 amide bonds. The van der Waals surface area contributed by atoms with E-state index in [-0.39, 0.29) is 17.5 Å². The lowest BCUT2D eigenvalue weighted by molar-refractivity contribution is 0.271. The van der Waals surface area contributed by atoms with Crippen LogP contribution in [-0.4, -0.2) is 32.5 Å². The van der Waals surface area contributed by atoms with Crippen LogP contribution in [0, 0.1) is 6.92 Å². The van der Waals surface area contributed by atoms with Gasteiger partial charge in [0.2, 0.25) is 15.0 Å². The first kappa shape index (κ1) is 14.7. The Morgan fingerprint density at radius 1 is 1.36 bits per heavy atom. The molecule has 22 heavy (non-hydrogen) atoms. The maximum atomic E-state index is 12.5. The topological polar surface area (TPSA) is 89.5 Å². The maximum Gasteiger partial charge on any atom is 0.228 e. The van der Waals surface area contributed by atoms with Gasteiger partial charge in [0.15, 0.2) is 0 Å². The van der Waals surface area contributed by atoms with Gasteiger partial charge in [-0.2, -0.15) is 0 Å². The molecule has 0 aromatic carbocycles. The number of fused-ring (bicyclic) bond motifs is 1. The predicted octanol–water partition coefficient (Wildman–Crippen LogP) is 0.842. The maximum absolute atomic E-state index is 12.5. The Bertz CT molecular complexity index is 940. The highest BCUT2D eigenvalue weighted by molar-refractivity contribution is 7.90. The summed E-state index contributed by atoms with van der Waals surface area (Å²) in [6.07, 6.45) is 4.90. The van der Waals surface area contributed by atoms with Gasteiger partial charge in [-0.05, 0) is 18.6 Å². The van der Waals surface area contributed by atoms with Gasteiger partial charge in [-0.25, -0.2) is 18.4 Å². The molecule has 1 N–H and O–H groups in total. The molecule has 0 saturated heterocycles.